The number of rotatable bonds is 5. The van der Waals surface area contributed by atoms with Gasteiger partial charge in [-0.25, -0.2) is 0 Å². The molecule has 4 aliphatic rings. The normalized spacial score (nSPS) is 34.3. The molecule has 2 aromatic heterocycles. The summed E-state index contributed by atoms with van der Waals surface area (Å²) in [6.45, 7) is 1.95. The lowest BCUT2D eigenvalue weighted by atomic mass is 9.49. The van der Waals surface area contributed by atoms with Gasteiger partial charge in [0.15, 0.2) is 0 Å². The maximum absolute atomic E-state index is 5.48. The van der Waals surface area contributed by atoms with E-state index in [0.717, 1.165) is 40.9 Å². The molecular weight excluding hydrogens is 318 g/mol. The Hall–Kier alpha value is -1.20. The molecule has 0 aliphatic heterocycles. The number of thiophene rings is 1. The van der Waals surface area contributed by atoms with Crippen molar-refractivity contribution in [3.05, 3.63) is 23.4 Å². The first-order chi connectivity index (χ1) is 11.7. The van der Waals surface area contributed by atoms with E-state index in [-0.39, 0.29) is 0 Å². The van der Waals surface area contributed by atoms with Crippen molar-refractivity contribution < 1.29 is 4.52 Å². The van der Waals surface area contributed by atoms with Crippen molar-refractivity contribution in [3.8, 4) is 10.7 Å². The summed E-state index contributed by atoms with van der Waals surface area (Å²) in [5.74, 6) is 4.50. The summed E-state index contributed by atoms with van der Waals surface area (Å²) < 4.78 is 5.48. The molecule has 6 rings (SSSR count). The molecule has 0 saturated heterocycles. The van der Waals surface area contributed by atoms with Crippen molar-refractivity contribution in [3.63, 3.8) is 0 Å². The van der Waals surface area contributed by atoms with Crippen LogP contribution in [0.2, 0.25) is 0 Å². The van der Waals surface area contributed by atoms with Gasteiger partial charge in [0, 0.05) is 6.54 Å². The molecule has 5 heteroatoms. The van der Waals surface area contributed by atoms with Crippen LogP contribution in [0.3, 0.4) is 0 Å². The smallest absolute Gasteiger partial charge is 0.241 e. The van der Waals surface area contributed by atoms with Crippen LogP contribution in [-0.4, -0.2) is 28.6 Å². The summed E-state index contributed by atoms with van der Waals surface area (Å²) in [5, 5.41) is 6.18. The van der Waals surface area contributed by atoms with E-state index in [1.807, 2.05) is 17.5 Å². The van der Waals surface area contributed by atoms with Gasteiger partial charge in [0.25, 0.3) is 0 Å². The van der Waals surface area contributed by atoms with Crippen molar-refractivity contribution in [1.82, 2.24) is 15.0 Å². The summed E-state index contributed by atoms with van der Waals surface area (Å²) >= 11 is 1.65. The molecular formula is C19H25N3OS. The summed E-state index contributed by atoms with van der Waals surface area (Å²) in [5.41, 5.74) is 0.570. The van der Waals surface area contributed by atoms with Gasteiger partial charge in [0.1, 0.15) is 0 Å². The van der Waals surface area contributed by atoms with Gasteiger partial charge in [-0.05, 0) is 80.2 Å². The lowest BCUT2D eigenvalue weighted by Gasteiger charge is -2.57. The highest BCUT2D eigenvalue weighted by Gasteiger charge is 2.51. The van der Waals surface area contributed by atoms with E-state index in [1.54, 1.807) is 11.3 Å². The maximum Gasteiger partial charge on any atom is 0.241 e. The zero-order valence-corrected chi connectivity index (χ0v) is 15.1. The molecule has 2 aromatic rings. The number of hydrogen-bond donors (Lipinski definition) is 0. The first kappa shape index (κ1) is 15.1. The quantitative estimate of drug-likeness (QED) is 0.804. The Kier molecular flexibility index (Phi) is 3.56. The van der Waals surface area contributed by atoms with Gasteiger partial charge >= 0.3 is 0 Å². The average Bonchev–Trinajstić information content (AvgIpc) is 3.15. The van der Waals surface area contributed by atoms with Crippen LogP contribution in [0.5, 0.6) is 0 Å². The standard InChI is InChI=1S/C19H25N3OS/c1-22(11-17-20-18(21-23-17)16-3-2-4-24-16)12-19-8-13-5-14(9-19)7-15(6-13)10-19/h2-4,13-15H,5-12H2,1H3. The van der Waals surface area contributed by atoms with E-state index < -0.39 is 0 Å². The summed E-state index contributed by atoms with van der Waals surface area (Å²) in [7, 11) is 2.22. The van der Waals surface area contributed by atoms with Crippen molar-refractivity contribution in [1.29, 1.82) is 0 Å². The zero-order valence-electron chi connectivity index (χ0n) is 14.3. The fourth-order valence-electron chi connectivity index (χ4n) is 6.17. The van der Waals surface area contributed by atoms with Gasteiger partial charge in [-0.2, -0.15) is 4.98 Å². The van der Waals surface area contributed by atoms with Crippen LogP contribution in [0.25, 0.3) is 10.7 Å². The lowest BCUT2D eigenvalue weighted by Crippen LogP contribution is -2.50. The van der Waals surface area contributed by atoms with E-state index in [0.29, 0.717) is 5.41 Å². The minimum Gasteiger partial charge on any atom is -0.338 e. The summed E-state index contributed by atoms with van der Waals surface area (Å²) in [6, 6.07) is 4.06. The van der Waals surface area contributed by atoms with Crippen molar-refractivity contribution in [2.45, 2.75) is 45.1 Å². The lowest BCUT2D eigenvalue weighted by molar-refractivity contribution is -0.0677. The van der Waals surface area contributed by atoms with Gasteiger partial charge in [-0.1, -0.05) is 11.2 Å². The van der Waals surface area contributed by atoms with Crippen molar-refractivity contribution in [2.24, 2.45) is 23.2 Å². The molecule has 0 unspecified atom stereocenters. The van der Waals surface area contributed by atoms with Crippen LogP contribution in [0.15, 0.2) is 22.0 Å². The van der Waals surface area contributed by atoms with Crippen LogP contribution >= 0.6 is 11.3 Å². The Bertz CT molecular complexity index is 673. The molecule has 4 saturated carbocycles. The monoisotopic (exact) mass is 343 g/mol. The highest BCUT2D eigenvalue weighted by Crippen LogP contribution is 2.60. The third-order valence-electron chi connectivity index (χ3n) is 6.39. The summed E-state index contributed by atoms with van der Waals surface area (Å²) in [4.78, 5) is 8.07. The molecule has 4 aliphatic carbocycles. The predicted octanol–water partition coefficient (Wildman–Crippen LogP) is 4.45. The largest absolute Gasteiger partial charge is 0.338 e. The number of aromatic nitrogens is 2. The van der Waals surface area contributed by atoms with E-state index in [4.69, 9.17) is 4.52 Å². The second-order valence-corrected chi connectivity index (χ2v) is 9.53. The van der Waals surface area contributed by atoms with E-state index in [1.165, 1.54) is 45.1 Å². The van der Waals surface area contributed by atoms with Crippen LogP contribution < -0.4 is 0 Å². The molecule has 4 fully saturated rings. The van der Waals surface area contributed by atoms with Gasteiger partial charge in [0.2, 0.25) is 11.7 Å². The molecule has 0 radical (unpaired) electrons. The molecule has 24 heavy (non-hydrogen) atoms. The fourth-order valence-corrected chi connectivity index (χ4v) is 6.82. The predicted molar refractivity (Wildman–Crippen MR) is 94.6 cm³/mol. The molecule has 4 bridgehead atoms. The van der Waals surface area contributed by atoms with Crippen LogP contribution in [0.4, 0.5) is 0 Å². The molecule has 0 aromatic carbocycles. The molecule has 0 atom stereocenters. The van der Waals surface area contributed by atoms with Crippen LogP contribution in [0, 0.1) is 23.2 Å². The van der Waals surface area contributed by atoms with Gasteiger partial charge in [0.05, 0.1) is 11.4 Å². The van der Waals surface area contributed by atoms with E-state index >= 15 is 0 Å². The molecule has 0 N–H and O–H groups in total. The Labute approximate surface area is 147 Å². The third-order valence-corrected chi connectivity index (χ3v) is 7.25. The fraction of sp³-hybridized carbons (Fsp3) is 0.684. The SMILES string of the molecule is CN(Cc1nc(-c2cccs2)no1)CC12CC3CC(CC(C3)C1)C2. The second kappa shape index (κ2) is 5.67. The zero-order chi connectivity index (χ0) is 16.1. The summed E-state index contributed by atoms with van der Waals surface area (Å²) in [6.07, 6.45) is 8.89. The number of nitrogens with zero attached hydrogens (tertiary/aromatic N) is 3. The molecule has 0 amide bonds. The van der Waals surface area contributed by atoms with E-state index in [2.05, 4.69) is 22.1 Å². The average molecular weight is 343 g/mol. The Morgan fingerprint density at radius 1 is 1.21 bits per heavy atom. The first-order valence-electron chi connectivity index (χ1n) is 9.22. The second-order valence-electron chi connectivity index (χ2n) is 8.58. The van der Waals surface area contributed by atoms with Crippen LogP contribution in [0.1, 0.15) is 44.4 Å². The minimum atomic E-state index is 0.570. The van der Waals surface area contributed by atoms with Gasteiger partial charge in [-0.15, -0.1) is 11.3 Å². The first-order valence-corrected chi connectivity index (χ1v) is 10.1. The highest BCUT2D eigenvalue weighted by molar-refractivity contribution is 7.13. The third kappa shape index (κ3) is 2.72. The van der Waals surface area contributed by atoms with Crippen molar-refractivity contribution in [2.75, 3.05) is 13.6 Å². The molecule has 4 nitrogen and oxygen atoms in total. The minimum absolute atomic E-state index is 0.570. The number of hydrogen-bond acceptors (Lipinski definition) is 5. The molecule has 0 spiro atoms. The maximum atomic E-state index is 5.48. The molecule has 2 heterocycles. The van der Waals surface area contributed by atoms with Gasteiger partial charge in [-0.3, -0.25) is 4.90 Å². The Balaban J connectivity index is 1.26. The Morgan fingerprint density at radius 3 is 2.54 bits per heavy atom. The van der Waals surface area contributed by atoms with Crippen LogP contribution in [-0.2, 0) is 6.54 Å². The highest BCUT2D eigenvalue weighted by atomic mass is 32.1. The van der Waals surface area contributed by atoms with Gasteiger partial charge < -0.3 is 4.52 Å². The Morgan fingerprint density at radius 2 is 1.92 bits per heavy atom. The van der Waals surface area contributed by atoms with Crippen molar-refractivity contribution >= 4 is 11.3 Å². The molecule has 128 valence electrons. The van der Waals surface area contributed by atoms with E-state index in [9.17, 15) is 0 Å². The topological polar surface area (TPSA) is 42.2 Å².